The molecule has 0 saturated carbocycles. The van der Waals surface area contributed by atoms with Crippen molar-refractivity contribution in [3.05, 3.63) is 198 Å². The molecule has 0 bridgehead atoms. The maximum Gasteiger partial charge on any atom is 0.376 e. The van der Waals surface area contributed by atoms with Crippen LogP contribution in [0.25, 0.3) is 83.5 Å². The molecule has 358 valence electrons. The highest BCUT2D eigenvalue weighted by Gasteiger charge is 2.48. The second kappa shape index (κ2) is 15.8. The lowest BCUT2D eigenvalue weighted by atomic mass is 9.47. The van der Waals surface area contributed by atoms with Crippen LogP contribution < -0.4 is 16.0 Å². The number of hydrogen-bond acceptors (Lipinski definition) is 3. The summed E-state index contributed by atoms with van der Waals surface area (Å²) in [7, 11) is 0. The fraction of sp³-hybridized carbons (Fsp3) is 0.209. The molecule has 3 aromatic heterocycles. The van der Waals surface area contributed by atoms with Gasteiger partial charge in [-0.25, -0.2) is 4.98 Å². The van der Waals surface area contributed by atoms with Gasteiger partial charge >= 0.3 is 6.85 Å². The summed E-state index contributed by atoms with van der Waals surface area (Å²) in [6, 6.07) is 63.3. The van der Waals surface area contributed by atoms with Crippen LogP contribution in [0.2, 0.25) is 0 Å². The van der Waals surface area contributed by atoms with Crippen molar-refractivity contribution in [2.45, 2.75) is 92.4 Å². The predicted molar refractivity (Wildman–Crippen MR) is 309 cm³/mol. The van der Waals surface area contributed by atoms with Crippen LogP contribution in [0.5, 0.6) is 0 Å². The second-order valence-electron chi connectivity index (χ2n) is 23.7. The standard InChI is InChI=1S/C67H61BN4O/c1-40-21-20-22-41(2)55(40)64-69-52-39-51-50-37-46(67(9,10)11)38-53-58(50)68(63-61(49-27-18-19-28-54(49)73-63)70(53)47-33-29-44(30-34-47)65(3,4)5)72-59(43-25-16-13-17-26-43)56(42-23-14-12-15-24-42)57(60(51)72)62(52)71(64)48-35-31-45(32-36-48)66(6,7)8/h12-39H,1-11H3. The Morgan fingerprint density at radius 3 is 1.70 bits per heavy atom. The molecule has 0 radical (unpaired) electrons. The van der Waals surface area contributed by atoms with Gasteiger partial charge in [-0.3, -0.25) is 4.57 Å². The molecule has 0 amide bonds. The fourth-order valence-electron chi connectivity index (χ4n) is 12.1. The summed E-state index contributed by atoms with van der Waals surface area (Å²) < 4.78 is 12.6. The quantitative estimate of drug-likeness (QED) is 0.161. The van der Waals surface area contributed by atoms with Crippen LogP contribution in [0.15, 0.2) is 174 Å². The summed E-state index contributed by atoms with van der Waals surface area (Å²) in [5.74, 6) is 0.939. The van der Waals surface area contributed by atoms with E-state index in [0.717, 1.165) is 72.9 Å². The Hall–Kier alpha value is -7.83. The van der Waals surface area contributed by atoms with Crippen molar-refractivity contribution in [1.29, 1.82) is 0 Å². The van der Waals surface area contributed by atoms with Gasteiger partial charge in [-0.1, -0.05) is 184 Å². The Bertz CT molecular complexity index is 4000. The van der Waals surface area contributed by atoms with Crippen molar-refractivity contribution in [3.8, 4) is 50.6 Å². The van der Waals surface area contributed by atoms with E-state index in [1.165, 1.54) is 66.6 Å². The van der Waals surface area contributed by atoms with Gasteiger partial charge in [0.05, 0.1) is 16.7 Å². The molecule has 13 rings (SSSR count). The molecule has 0 N–H and O–H groups in total. The molecule has 5 heterocycles. The van der Waals surface area contributed by atoms with Crippen molar-refractivity contribution in [1.82, 2.24) is 14.0 Å². The Morgan fingerprint density at radius 2 is 1.08 bits per heavy atom. The third-order valence-electron chi connectivity index (χ3n) is 15.8. The SMILES string of the molecule is Cc1cccc(C)c1-c1nc2cc3c4c(c(-c5ccccc5)c(-c5ccccc5)n4B4c5oc6ccccc6c5N(c5ccc(C(C)(C)C)cc5)c5cc(C(C)(C)C)cc-3c54)c2n1-c1ccc(C(C)(C)C)cc1. The van der Waals surface area contributed by atoms with E-state index in [1.54, 1.807) is 0 Å². The van der Waals surface area contributed by atoms with Gasteiger partial charge in [0.1, 0.15) is 17.1 Å². The van der Waals surface area contributed by atoms with Crippen LogP contribution in [0.4, 0.5) is 17.1 Å². The zero-order valence-electron chi connectivity index (χ0n) is 43.9. The van der Waals surface area contributed by atoms with Gasteiger partial charge < -0.3 is 13.8 Å². The van der Waals surface area contributed by atoms with Crippen LogP contribution >= 0.6 is 0 Å². The molecule has 0 aliphatic carbocycles. The summed E-state index contributed by atoms with van der Waals surface area (Å²) in [6.07, 6.45) is 0. The zero-order valence-corrected chi connectivity index (χ0v) is 43.9. The van der Waals surface area contributed by atoms with E-state index in [-0.39, 0.29) is 23.1 Å². The first kappa shape index (κ1) is 45.1. The molecule has 0 spiro atoms. The Morgan fingerprint density at radius 1 is 0.507 bits per heavy atom. The summed E-state index contributed by atoms with van der Waals surface area (Å²) in [5, 5.41) is 2.27. The zero-order chi connectivity index (χ0) is 50.5. The van der Waals surface area contributed by atoms with Crippen molar-refractivity contribution in [2.24, 2.45) is 0 Å². The first-order valence-electron chi connectivity index (χ1n) is 26.0. The fourth-order valence-corrected chi connectivity index (χ4v) is 12.1. The van der Waals surface area contributed by atoms with E-state index in [4.69, 9.17) is 9.40 Å². The first-order chi connectivity index (χ1) is 35.0. The molecule has 2 aliphatic heterocycles. The molecule has 8 aromatic carbocycles. The number of aryl methyl sites for hydroxylation is 2. The van der Waals surface area contributed by atoms with Crippen LogP contribution in [0, 0.1) is 13.8 Å². The average Bonchev–Trinajstić information content (AvgIpc) is 4.06. The number of aromatic nitrogens is 3. The highest BCUT2D eigenvalue weighted by molar-refractivity contribution is 6.89. The van der Waals surface area contributed by atoms with Crippen molar-refractivity contribution in [3.63, 3.8) is 0 Å². The Balaban J connectivity index is 1.27. The van der Waals surface area contributed by atoms with E-state index in [9.17, 15) is 0 Å². The molecule has 11 aromatic rings. The molecule has 0 unspecified atom stereocenters. The van der Waals surface area contributed by atoms with E-state index in [2.05, 4.69) is 260 Å². The largest absolute Gasteiger partial charge is 0.466 e. The third kappa shape index (κ3) is 6.79. The lowest BCUT2D eigenvalue weighted by Crippen LogP contribution is -2.56. The van der Waals surface area contributed by atoms with Crippen LogP contribution in [-0.4, -0.2) is 20.9 Å². The Kier molecular flexibility index (Phi) is 9.78. The van der Waals surface area contributed by atoms with Gasteiger partial charge in [-0.15, -0.1) is 0 Å². The lowest BCUT2D eigenvalue weighted by molar-refractivity contribution is 0.590. The first-order valence-corrected chi connectivity index (χ1v) is 26.0. The number of rotatable bonds is 5. The Labute approximate surface area is 429 Å². The molecule has 2 aliphatic rings. The van der Waals surface area contributed by atoms with Gasteiger partial charge in [0.15, 0.2) is 0 Å². The van der Waals surface area contributed by atoms with E-state index in [0.29, 0.717) is 0 Å². The number of para-hydroxylation sites is 1. The number of nitrogens with zero attached hydrogens (tertiary/aromatic N) is 4. The summed E-state index contributed by atoms with van der Waals surface area (Å²) in [6.45, 7) is 24.9. The lowest BCUT2D eigenvalue weighted by Gasteiger charge is -2.40. The number of benzene rings is 8. The third-order valence-corrected chi connectivity index (χ3v) is 15.8. The van der Waals surface area contributed by atoms with Crippen molar-refractivity contribution >= 4 is 67.9 Å². The number of furan rings is 1. The molecule has 0 atom stereocenters. The molecule has 5 nitrogen and oxygen atoms in total. The van der Waals surface area contributed by atoms with E-state index in [1.807, 2.05) is 0 Å². The highest BCUT2D eigenvalue weighted by atomic mass is 16.3. The van der Waals surface area contributed by atoms with Gasteiger partial charge in [-0.05, 0) is 129 Å². The maximum atomic E-state index is 7.45. The molecule has 0 saturated heterocycles. The topological polar surface area (TPSA) is 39.1 Å². The van der Waals surface area contributed by atoms with Crippen LogP contribution in [0.1, 0.15) is 90.1 Å². The number of anilines is 3. The number of fused-ring (bicyclic) bond motifs is 8. The monoisotopic (exact) mass is 948 g/mol. The normalized spacial score (nSPS) is 13.4. The minimum atomic E-state index is -0.327. The molecular formula is C67H61BN4O. The number of hydrogen-bond donors (Lipinski definition) is 0. The summed E-state index contributed by atoms with van der Waals surface area (Å²) in [5.41, 5.74) is 24.9. The van der Waals surface area contributed by atoms with Gasteiger partial charge in [0.2, 0.25) is 0 Å². The van der Waals surface area contributed by atoms with E-state index < -0.39 is 0 Å². The predicted octanol–water partition coefficient (Wildman–Crippen LogP) is 16.7. The molecule has 0 fully saturated rings. The molecular weight excluding hydrogens is 888 g/mol. The smallest absolute Gasteiger partial charge is 0.376 e. The minimum Gasteiger partial charge on any atom is -0.466 e. The molecule has 73 heavy (non-hydrogen) atoms. The van der Waals surface area contributed by atoms with Crippen molar-refractivity contribution in [2.75, 3.05) is 4.90 Å². The minimum absolute atomic E-state index is 0.00408. The van der Waals surface area contributed by atoms with Gasteiger partial charge in [0, 0.05) is 55.7 Å². The van der Waals surface area contributed by atoms with E-state index >= 15 is 0 Å². The maximum absolute atomic E-state index is 7.45. The van der Waals surface area contributed by atoms with Gasteiger partial charge in [-0.2, -0.15) is 0 Å². The van der Waals surface area contributed by atoms with Crippen LogP contribution in [-0.2, 0) is 16.2 Å². The summed E-state index contributed by atoms with van der Waals surface area (Å²) >= 11 is 0. The van der Waals surface area contributed by atoms with Gasteiger partial charge in [0.25, 0.3) is 0 Å². The summed E-state index contributed by atoms with van der Waals surface area (Å²) in [4.78, 5) is 8.39. The van der Waals surface area contributed by atoms with Crippen LogP contribution in [0.3, 0.4) is 0 Å². The van der Waals surface area contributed by atoms with Crippen molar-refractivity contribution < 1.29 is 4.42 Å². The average molecular weight is 949 g/mol. The molecule has 6 heteroatoms. The second-order valence-corrected chi connectivity index (χ2v) is 23.7. The number of imidazole rings is 1. The highest BCUT2D eigenvalue weighted by Crippen LogP contribution is 2.54.